The van der Waals surface area contributed by atoms with Crippen LogP contribution in [0.5, 0.6) is 0 Å². The second kappa shape index (κ2) is 12.8. The van der Waals surface area contributed by atoms with Crippen molar-refractivity contribution < 1.29 is 4.79 Å². The molecule has 0 spiro atoms. The first-order valence-electron chi connectivity index (χ1n) is 14.8. The van der Waals surface area contributed by atoms with Gasteiger partial charge < -0.3 is 4.90 Å². The van der Waals surface area contributed by atoms with Crippen molar-refractivity contribution in [3.05, 3.63) is 97.2 Å². The van der Waals surface area contributed by atoms with Crippen molar-refractivity contribution in [1.82, 2.24) is 14.5 Å². The molecule has 0 radical (unpaired) electrons. The smallest absolute Gasteiger partial charge is 0.265 e. The fourth-order valence-corrected chi connectivity index (χ4v) is 6.75. The number of amides is 1. The molecule has 0 N–H and O–H groups in total. The van der Waals surface area contributed by atoms with Crippen molar-refractivity contribution in [2.75, 3.05) is 13.1 Å². The number of piperidine rings is 1. The number of thiazole rings is 1. The van der Waals surface area contributed by atoms with Gasteiger partial charge in [-0.05, 0) is 80.9 Å². The van der Waals surface area contributed by atoms with E-state index in [2.05, 4.69) is 39.0 Å². The first-order chi connectivity index (χ1) is 20.2. The Labute approximate surface area is 257 Å². The van der Waals surface area contributed by atoms with Gasteiger partial charge in [-0.25, -0.2) is 4.98 Å². The predicted octanol–water partition coefficient (Wildman–Crippen LogP) is 8.70. The maximum atomic E-state index is 14.7. The Balaban J connectivity index is 1.82. The van der Waals surface area contributed by atoms with E-state index in [9.17, 15) is 9.59 Å². The predicted molar refractivity (Wildman–Crippen MR) is 176 cm³/mol. The van der Waals surface area contributed by atoms with Gasteiger partial charge in [0.05, 0.1) is 28.2 Å². The lowest BCUT2D eigenvalue weighted by Crippen LogP contribution is -2.40. The molecular weight excluding hydrogens is 562 g/mol. The zero-order valence-electron chi connectivity index (χ0n) is 25.0. The largest absolute Gasteiger partial charge is 0.338 e. The molecule has 2 aromatic heterocycles. The van der Waals surface area contributed by atoms with E-state index in [1.54, 1.807) is 10.6 Å². The molecule has 218 valence electrons. The van der Waals surface area contributed by atoms with Gasteiger partial charge in [-0.1, -0.05) is 68.3 Å². The molecule has 2 aromatic carbocycles. The number of hydrogen-bond acceptors (Lipinski definition) is 4. The maximum Gasteiger partial charge on any atom is 0.265 e. The molecule has 42 heavy (non-hydrogen) atoms. The molecule has 4 aromatic rings. The van der Waals surface area contributed by atoms with Gasteiger partial charge >= 0.3 is 0 Å². The number of hydrogen-bond donors (Lipinski definition) is 0. The third-order valence-electron chi connectivity index (χ3n) is 7.90. The van der Waals surface area contributed by atoms with Crippen molar-refractivity contribution in [3.63, 3.8) is 0 Å². The molecule has 1 amide bonds. The molecule has 5 rings (SSSR count). The number of para-hydroxylation sites is 1. The SMILES string of the molecule is CCc1cccc(CC)c1-n1c(C=C(C)C)c(C(=O)N2CCC[C@H](C)C2)cc(-c2nc(-c3ccc(Cl)cc3)cs2)c1=O. The molecule has 0 unspecified atom stereocenters. The number of pyridine rings is 1. The van der Waals surface area contributed by atoms with Crippen molar-refractivity contribution in [1.29, 1.82) is 0 Å². The summed E-state index contributed by atoms with van der Waals surface area (Å²) in [5.74, 6) is 0.402. The van der Waals surface area contributed by atoms with Crippen molar-refractivity contribution in [2.45, 2.75) is 60.3 Å². The van der Waals surface area contributed by atoms with Crippen LogP contribution in [0.3, 0.4) is 0 Å². The van der Waals surface area contributed by atoms with Crippen LogP contribution < -0.4 is 5.56 Å². The molecule has 1 fully saturated rings. The minimum absolute atomic E-state index is 0.0365. The highest BCUT2D eigenvalue weighted by atomic mass is 35.5. The van der Waals surface area contributed by atoms with Crippen LogP contribution in [-0.2, 0) is 12.8 Å². The van der Waals surface area contributed by atoms with Crippen LogP contribution in [0.1, 0.15) is 74.6 Å². The number of halogens is 1. The minimum Gasteiger partial charge on any atom is -0.338 e. The van der Waals surface area contributed by atoms with Crippen LogP contribution in [0.2, 0.25) is 5.02 Å². The summed E-state index contributed by atoms with van der Waals surface area (Å²) in [6, 6.07) is 15.5. The quantitative estimate of drug-likeness (QED) is 0.213. The van der Waals surface area contributed by atoms with Crippen molar-refractivity contribution >= 4 is 34.9 Å². The van der Waals surface area contributed by atoms with Crippen LogP contribution in [0.15, 0.2) is 64.3 Å². The highest BCUT2D eigenvalue weighted by molar-refractivity contribution is 7.13. The average Bonchev–Trinajstić information content (AvgIpc) is 3.47. The van der Waals surface area contributed by atoms with E-state index in [1.807, 2.05) is 54.5 Å². The Morgan fingerprint density at radius 2 is 1.79 bits per heavy atom. The summed E-state index contributed by atoms with van der Waals surface area (Å²) in [4.78, 5) is 35.9. The number of aryl methyl sites for hydroxylation is 2. The number of aromatic nitrogens is 2. The molecule has 0 bridgehead atoms. The Bertz CT molecular complexity index is 1670. The topological polar surface area (TPSA) is 55.2 Å². The summed E-state index contributed by atoms with van der Waals surface area (Å²) in [7, 11) is 0. The van der Waals surface area contributed by atoms with Gasteiger partial charge in [0.2, 0.25) is 0 Å². The second-order valence-electron chi connectivity index (χ2n) is 11.4. The van der Waals surface area contributed by atoms with Gasteiger partial charge in [0.25, 0.3) is 11.5 Å². The summed E-state index contributed by atoms with van der Waals surface area (Å²) < 4.78 is 1.80. The summed E-state index contributed by atoms with van der Waals surface area (Å²) >= 11 is 7.53. The van der Waals surface area contributed by atoms with Crippen LogP contribution in [0, 0.1) is 5.92 Å². The minimum atomic E-state index is -0.168. The maximum absolute atomic E-state index is 14.7. The summed E-state index contributed by atoms with van der Waals surface area (Å²) in [6.07, 6.45) is 5.61. The van der Waals surface area contributed by atoms with Gasteiger partial charge in [-0.2, -0.15) is 0 Å². The Morgan fingerprint density at radius 1 is 1.10 bits per heavy atom. The number of likely N-dealkylation sites (tertiary alicyclic amines) is 1. The highest BCUT2D eigenvalue weighted by Gasteiger charge is 2.28. The van der Waals surface area contributed by atoms with E-state index >= 15 is 0 Å². The fourth-order valence-electron chi connectivity index (χ4n) is 5.79. The lowest BCUT2D eigenvalue weighted by Gasteiger charge is -2.32. The van der Waals surface area contributed by atoms with Crippen molar-refractivity contribution in [3.8, 4) is 27.5 Å². The molecule has 7 heteroatoms. The van der Waals surface area contributed by atoms with E-state index in [-0.39, 0.29) is 11.5 Å². The first-order valence-corrected chi connectivity index (χ1v) is 16.0. The van der Waals surface area contributed by atoms with E-state index in [4.69, 9.17) is 16.6 Å². The number of nitrogens with zero attached hydrogens (tertiary/aromatic N) is 3. The first kappa shape index (κ1) is 30.0. The molecule has 0 aliphatic carbocycles. The van der Waals surface area contributed by atoms with Crippen LogP contribution in [0.4, 0.5) is 0 Å². The van der Waals surface area contributed by atoms with E-state index in [0.29, 0.717) is 39.3 Å². The Kier molecular flexibility index (Phi) is 9.14. The van der Waals surface area contributed by atoms with Crippen LogP contribution >= 0.6 is 22.9 Å². The molecule has 3 heterocycles. The molecule has 1 atom stereocenters. The van der Waals surface area contributed by atoms with E-state index in [1.165, 1.54) is 11.3 Å². The number of allylic oxidation sites excluding steroid dienone is 1. The van der Waals surface area contributed by atoms with Crippen molar-refractivity contribution in [2.24, 2.45) is 5.92 Å². The van der Waals surface area contributed by atoms with Gasteiger partial charge in [0.15, 0.2) is 0 Å². The molecule has 5 nitrogen and oxygen atoms in total. The van der Waals surface area contributed by atoms with Crippen LogP contribution in [-0.4, -0.2) is 33.4 Å². The third-order valence-corrected chi connectivity index (χ3v) is 9.03. The monoisotopic (exact) mass is 599 g/mol. The highest BCUT2D eigenvalue weighted by Crippen LogP contribution is 2.32. The lowest BCUT2D eigenvalue weighted by atomic mass is 9.97. The Hall–Kier alpha value is -3.48. The van der Waals surface area contributed by atoms with Crippen LogP contribution in [0.25, 0.3) is 33.6 Å². The molecule has 1 aliphatic rings. The normalized spacial score (nSPS) is 15.1. The summed E-state index contributed by atoms with van der Waals surface area (Å²) in [5, 5.41) is 3.21. The second-order valence-corrected chi connectivity index (χ2v) is 12.7. The number of rotatable bonds is 7. The lowest BCUT2D eigenvalue weighted by molar-refractivity contribution is 0.0682. The number of carbonyl (C=O) groups excluding carboxylic acids is 1. The van der Waals surface area contributed by atoms with Gasteiger partial charge in [0.1, 0.15) is 5.01 Å². The number of benzene rings is 2. The third kappa shape index (κ3) is 6.02. The zero-order valence-corrected chi connectivity index (χ0v) is 26.6. The van der Waals surface area contributed by atoms with E-state index in [0.717, 1.165) is 65.9 Å². The van der Waals surface area contributed by atoms with Gasteiger partial charge in [-0.3, -0.25) is 14.2 Å². The number of carbonyl (C=O) groups is 1. The summed E-state index contributed by atoms with van der Waals surface area (Å²) in [5.41, 5.74) is 7.17. The summed E-state index contributed by atoms with van der Waals surface area (Å²) in [6.45, 7) is 11.8. The Morgan fingerprint density at radius 3 is 2.40 bits per heavy atom. The fraction of sp³-hybridized carbons (Fsp3) is 0.343. The average molecular weight is 600 g/mol. The van der Waals surface area contributed by atoms with E-state index < -0.39 is 0 Å². The van der Waals surface area contributed by atoms with Gasteiger partial charge in [-0.15, -0.1) is 11.3 Å². The molecule has 0 saturated carbocycles. The van der Waals surface area contributed by atoms with Gasteiger partial charge in [0, 0.05) is 29.1 Å². The molecular formula is C35H38ClN3O2S. The standard InChI is InChI=1S/C35H38ClN3O2S/c1-6-24-11-8-12-25(7-2)32(24)39-31(18-22(3)4)28(34(40)38-17-9-10-23(5)20-38)19-29(35(39)41)33-37-30(21-42-33)26-13-15-27(36)16-14-26/h8,11-16,18-19,21,23H,6-7,9-10,17,20H2,1-5H3/t23-/m0/s1. The molecule has 1 saturated heterocycles. The molecule has 1 aliphatic heterocycles. The zero-order chi connectivity index (χ0) is 30.0.